The number of nitrogens with one attached hydrogen (secondary N) is 1. The first-order valence-electron chi connectivity index (χ1n) is 7.27. The molecular formula is C16H20N6O. The van der Waals surface area contributed by atoms with E-state index in [0.29, 0.717) is 17.2 Å². The van der Waals surface area contributed by atoms with Crippen molar-refractivity contribution in [3.05, 3.63) is 42.5 Å². The summed E-state index contributed by atoms with van der Waals surface area (Å²) in [7, 11) is 0. The van der Waals surface area contributed by atoms with Crippen LogP contribution in [0, 0.1) is 5.92 Å². The minimum absolute atomic E-state index is 0.0336. The summed E-state index contributed by atoms with van der Waals surface area (Å²) >= 11 is 0. The molecule has 120 valence electrons. The van der Waals surface area contributed by atoms with Crippen molar-refractivity contribution in [1.29, 1.82) is 0 Å². The average molecular weight is 312 g/mol. The smallest absolute Gasteiger partial charge is 0.242 e. The van der Waals surface area contributed by atoms with Crippen LogP contribution in [0.1, 0.15) is 13.8 Å². The topological polar surface area (TPSA) is 119 Å². The molecule has 0 radical (unpaired) electrons. The van der Waals surface area contributed by atoms with Gasteiger partial charge in [0.15, 0.2) is 5.82 Å². The van der Waals surface area contributed by atoms with Crippen LogP contribution in [-0.4, -0.2) is 16.9 Å². The minimum atomic E-state index is -0.601. The number of anilines is 2. The van der Waals surface area contributed by atoms with Crippen LogP contribution in [0.25, 0.3) is 0 Å². The number of nitrogen functional groups attached to an aromatic ring is 1. The number of azo groups is 1. The molecule has 0 saturated heterocycles. The molecule has 0 aliphatic heterocycles. The Kier molecular flexibility index (Phi) is 5.37. The van der Waals surface area contributed by atoms with Gasteiger partial charge in [-0.05, 0) is 30.2 Å². The number of nitrogens with zero attached hydrogens (tertiary/aromatic N) is 3. The van der Waals surface area contributed by atoms with Gasteiger partial charge in [-0.2, -0.15) is 5.11 Å². The number of nitrogens with two attached hydrogens (primary N) is 2. The number of carbonyl (C=O) groups is 1. The Morgan fingerprint density at radius 1 is 1.13 bits per heavy atom. The number of pyridine rings is 1. The van der Waals surface area contributed by atoms with Gasteiger partial charge in [-0.15, -0.1) is 5.11 Å². The van der Waals surface area contributed by atoms with Crippen molar-refractivity contribution in [3.8, 4) is 0 Å². The maximum Gasteiger partial charge on any atom is 0.242 e. The van der Waals surface area contributed by atoms with Crippen molar-refractivity contribution in [2.75, 3.05) is 11.1 Å². The number of benzene rings is 1. The van der Waals surface area contributed by atoms with E-state index in [2.05, 4.69) is 20.5 Å². The molecule has 7 nitrogen and oxygen atoms in total. The van der Waals surface area contributed by atoms with Crippen molar-refractivity contribution in [2.24, 2.45) is 21.9 Å². The zero-order chi connectivity index (χ0) is 16.8. The Labute approximate surface area is 134 Å². The SMILES string of the molecule is CC(C)[C@H](N)C(=O)Nc1ccc(N=Nc2ccccc2)c(N)n1. The molecule has 0 bridgehead atoms. The Hall–Kier alpha value is -2.80. The van der Waals surface area contributed by atoms with E-state index < -0.39 is 6.04 Å². The zero-order valence-electron chi connectivity index (χ0n) is 13.1. The normalized spacial score (nSPS) is 12.5. The summed E-state index contributed by atoms with van der Waals surface area (Å²) in [5.74, 6) is 0.250. The van der Waals surface area contributed by atoms with Gasteiger partial charge in [0.05, 0.1) is 11.7 Å². The van der Waals surface area contributed by atoms with Gasteiger partial charge in [-0.1, -0.05) is 32.0 Å². The summed E-state index contributed by atoms with van der Waals surface area (Å²) in [6, 6.07) is 11.9. The fourth-order valence-corrected chi connectivity index (χ4v) is 1.74. The van der Waals surface area contributed by atoms with Gasteiger partial charge in [0, 0.05) is 0 Å². The number of hydrogen-bond donors (Lipinski definition) is 3. The Balaban J connectivity index is 2.09. The minimum Gasteiger partial charge on any atom is -0.382 e. The zero-order valence-corrected chi connectivity index (χ0v) is 13.1. The van der Waals surface area contributed by atoms with Gasteiger partial charge in [-0.25, -0.2) is 4.98 Å². The number of aromatic nitrogens is 1. The van der Waals surface area contributed by atoms with Crippen LogP contribution in [0.2, 0.25) is 0 Å². The van der Waals surface area contributed by atoms with Gasteiger partial charge < -0.3 is 16.8 Å². The third-order valence-corrected chi connectivity index (χ3v) is 3.20. The van der Waals surface area contributed by atoms with Gasteiger partial charge in [-0.3, -0.25) is 4.79 Å². The third-order valence-electron chi connectivity index (χ3n) is 3.20. The van der Waals surface area contributed by atoms with Crippen molar-refractivity contribution < 1.29 is 4.79 Å². The lowest BCUT2D eigenvalue weighted by molar-refractivity contribution is -0.118. The second kappa shape index (κ2) is 7.46. The van der Waals surface area contributed by atoms with Crippen molar-refractivity contribution >= 4 is 28.9 Å². The van der Waals surface area contributed by atoms with Crippen LogP contribution in [0.3, 0.4) is 0 Å². The molecule has 1 aromatic heterocycles. The quantitative estimate of drug-likeness (QED) is 0.735. The Morgan fingerprint density at radius 3 is 2.43 bits per heavy atom. The van der Waals surface area contributed by atoms with Crippen LogP contribution < -0.4 is 16.8 Å². The highest BCUT2D eigenvalue weighted by molar-refractivity contribution is 5.94. The molecule has 0 aliphatic rings. The summed E-state index contributed by atoms with van der Waals surface area (Å²) in [6.07, 6.45) is 0. The number of carbonyl (C=O) groups excluding carboxylic acids is 1. The van der Waals surface area contributed by atoms with E-state index >= 15 is 0 Å². The van der Waals surface area contributed by atoms with Gasteiger partial charge in [0.2, 0.25) is 5.91 Å². The lowest BCUT2D eigenvalue weighted by Crippen LogP contribution is -2.39. The number of rotatable bonds is 5. The number of amides is 1. The van der Waals surface area contributed by atoms with Gasteiger partial charge in [0.25, 0.3) is 0 Å². The van der Waals surface area contributed by atoms with Crippen molar-refractivity contribution in [1.82, 2.24) is 4.98 Å². The molecule has 1 aromatic carbocycles. The molecular weight excluding hydrogens is 292 g/mol. The molecule has 0 unspecified atom stereocenters. The molecule has 2 rings (SSSR count). The van der Waals surface area contributed by atoms with E-state index in [1.54, 1.807) is 12.1 Å². The van der Waals surface area contributed by atoms with E-state index in [1.807, 2.05) is 44.2 Å². The van der Waals surface area contributed by atoms with Crippen LogP contribution >= 0.6 is 0 Å². The molecule has 2 aromatic rings. The van der Waals surface area contributed by atoms with Crippen LogP contribution in [-0.2, 0) is 4.79 Å². The summed E-state index contributed by atoms with van der Waals surface area (Å²) in [4.78, 5) is 16.0. The summed E-state index contributed by atoms with van der Waals surface area (Å²) in [5.41, 5.74) is 12.8. The predicted octanol–water partition coefficient (Wildman–Crippen LogP) is 3.00. The average Bonchev–Trinajstić information content (AvgIpc) is 2.54. The first-order chi connectivity index (χ1) is 11.0. The largest absolute Gasteiger partial charge is 0.382 e. The molecule has 5 N–H and O–H groups in total. The summed E-state index contributed by atoms with van der Waals surface area (Å²) in [6.45, 7) is 3.75. The molecule has 0 saturated carbocycles. The Bertz CT molecular complexity index is 699. The summed E-state index contributed by atoms with van der Waals surface area (Å²) in [5, 5.41) is 10.8. The van der Waals surface area contributed by atoms with Crippen LogP contribution in [0.4, 0.5) is 23.0 Å². The first-order valence-corrected chi connectivity index (χ1v) is 7.27. The van der Waals surface area contributed by atoms with E-state index in [4.69, 9.17) is 11.5 Å². The maximum absolute atomic E-state index is 11.9. The first kappa shape index (κ1) is 16.6. The lowest BCUT2D eigenvalue weighted by Gasteiger charge is -2.15. The fraction of sp³-hybridized carbons (Fsp3) is 0.250. The monoisotopic (exact) mass is 312 g/mol. The molecule has 0 spiro atoms. The van der Waals surface area contributed by atoms with Crippen LogP contribution in [0.5, 0.6) is 0 Å². The van der Waals surface area contributed by atoms with Crippen LogP contribution in [0.15, 0.2) is 52.7 Å². The van der Waals surface area contributed by atoms with Crippen molar-refractivity contribution in [2.45, 2.75) is 19.9 Å². The standard InChI is InChI=1S/C16H20N6O/c1-10(2)14(17)16(23)20-13-9-8-12(15(18)19-13)22-21-11-6-4-3-5-7-11/h3-10,14H,17H2,1-2H3,(H3,18,19,20,23)/t14-/m0/s1. The fourth-order valence-electron chi connectivity index (χ4n) is 1.74. The third kappa shape index (κ3) is 4.58. The highest BCUT2D eigenvalue weighted by Crippen LogP contribution is 2.24. The molecule has 0 fully saturated rings. The lowest BCUT2D eigenvalue weighted by atomic mass is 10.1. The Morgan fingerprint density at radius 2 is 1.83 bits per heavy atom. The molecule has 1 heterocycles. The van der Waals surface area contributed by atoms with E-state index in [9.17, 15) is 4.79 Å². The van der Waals surface area contributed by atoms with Crippen molar-refractivity contribution in [3.63, 3.8) is 0 Å². The van der Waals surface area contributed by atoms with E-state index in [1.165, 1.54) is 0 Å². The molecule has 23 heavy (non-hydrogen) atoms. The maximum atomic E-state index is 11.9. The number of hydrogen-bond acceptors (Lipinski definition) is 6. The van der Waals surface area contributed by atoms with E-state index in [0.717, 1.165) is 0 Å². The predicted molar refractivity (Wildman–Crippen MR) is 90.7 cm³/mol. The molecule has 0 aliphatic carbocycles. The highest BCUT2D eigenvalue weighted by Gasteiger charge is 2.17. The highest BCUT2D eigenvalue weighted by atomic mass is 16.2. The molecule has 1 amide bonds. The molecule has 7 heteroatoms. The van der Waals surface area contributed by atoms with Gasteiger partial charge >= 0.3 is 0 Å². The van der Waals surface area contributed by atoms with E-state index in [-0.39, 0.29) is 17.6 Å². The second-order valence-electron chi connectivity index (χ2n) is 5.40. The molecule has 1 atom stereocenters. The summed E-state index contributed by atoms with van der Waals surface area (Å²) < 4.78 is 0. The second-order valence-corrected chi connectivity index (χ2v) is 5.40. The van der Waals surface area contributed by atoms with Gasteiger partial charge in [0.1, 0.15) is 11.5 Å².